The first-order valence-electron chi connectivity index (χ1n) is 8.11. The smallest absolute Gasteiger partial charge is 0.337 e. The molecule has 2 heterocycles. The van der Waals surface area contributed by atoms with Gasteiger partial charge in [0.25, 0.3) is 5.91 Å². The molecule has 0 fully saturated rings. The van der Waals surface area contributed by atoms with Gasteiger partial charge in [0, 0.05) is 18.3 Å². The van der Waals surface area contributed by atoms with Crippen LogP contribution in [0.2, 0.25) is 0 Å². The fourth-order valence-corrected chi connectivity index (χ4v) is 2.88. The van der Waals surface area contributed by atoms with Crippen LogP contribution in [0.5, 0.6) is 11.5 Å². The fourth-order valence-electron chi connectivity index (χ4n) is 2.88. The molecule has 0 aliphatic heterocycles. The number of nitrogens with one attached hydrogen (secondary N) is 1. The molecule has 2 aromatic heterocycles. The van der Waals surface area contributed by atoms with Crippen molar-refractivity contribution in [2.45, 2.75) is 13.8 Å². The number of hydrogen-bond acceptors (Lipinski definition) is 5. The number of imidazole rings is 1. The summed E-state index contributed by atoms with van der Waals surface area (Å²) in [5, 5.41) is 12.1. The topological polar surface area (TPSA) is 102 Å². The van der Waals surface area contributed by atoms with Gasteiger partial charge < -0.3 is 19.9 Å². The van der Waals surface area contributed by atoms with Crippen LogP contribution in [0.4, 0.5) is 5.69 Å². The van der Waals surface area contributed by atoms with Crippen molar-refractivity contribution in [2.75, 3.05) is 19.5 Å². The van der Waals surface area contributed by atoms with Gasteiger partial charge in [0.05, 0.1) is 31.2 Å². The van der Waals surface area contributed by atoms with Gasteiger partial charge in [-0.25, -0.2) is 9.78 Å². The summed E-state index contributed by atoms with van der Waals surface area (Å²) in [5.41, 5.74) is 2.46. The van der Waals surface area contributed by atoms with Crippen molar-refractivity contribution < 1.29 is 24.2 Å². The Kier molecular flexibility index (Phi) is 4.72. The zero-order valence-corrected chi connectivity index (χ0v) is 15.4. The van der Waals surface area contributed by atoms with E-state index in [2.05, 4.69) is 10.3 Å². The highest BCUT2D eigenvalue weighted by atomic mass is 16.5. The standard InChI is InChI=1S/C19H19N3O5/c1-10-5-6-16-20-11(2)17(22(16)9-10)18(23)21-13-8-15(27-4)14(26-3)7-12(13)19(24)25/h5-9H,1-4H3,(H,21,23)(H,24,25). The van der Waals surface area contributed by atoms with E-state index in [0.717, 1.165) is 5.56 Å². The highest BCUT2D eigenvalue weighted by Gasteiger charge is 2.21. The summed E-state index contributed by atoms with van der Waals surface area (Å²) < 4.78 is 12.0. The van der Waals surface area contributed by atoms with Crippen molar-refractivity contribution in [2.24, 2.45) is 0 Å². The minimum Gasteiger partial charge on any atom is -0.493 e. The Hall–Kier alpha value is -3.55. The van der Waals surface area contributed by atoms with Crippen molar-refractivity contribution in [3.05, 3.63) is 53.0 Å². The number of rotatable bonds is 5. The number of carboxylic acid groups (broad SMARTS) is 1. The summed E-state index contributed by atoms with van der Waals surface area (Å²) in [5.74, 6) is -1.10. The molecule has 0 unspecified atom stereocenters. The number of methoxy groups -OCH3 is 2. The predicted octanol–water partition coefficient (Wildman–Crippen LogP) is 2.92. The molecule has 3 aromatic rings. The van der Waals surface area contributed by atoms with Crippen molar-refractivity contribution in [3.8, 4) is 11.5 Å². The maximum absolute atomic E-state index is 12.9. The molecule has 1 amide bonds. The van der Waals surface area contributed by atoms with Crippen LogP contribution in [-0.2, 0) is 0 Å². The molecule has 3 rings (SSSR count). The minimum atomic E-state index is -1.20. The number of aryl methyl sites for hydroxylation is 2. The number of hydrogen-bond donors (Lipinski definition) is 2. The highest BCUT2D eigenvalue weighted by molar-refractivity contribution is 6.08. The van der Waals surface area contributed by atoms with Crippen LogP contribution in [0.25, 0.3) is 5.65 Å². The Labute approximate surface area is 155 Å². The second kappa shape index (κ2) is 6.99. The Morgan fingerprint density at radius 2 is 1.78 bits per heavy atom. The quantitative estimate of drug-likeness (QED) is 0.717. The lowest BCUT2D eigenvalue weighted by Crippen LogP contribution is -2.18. The summed E-state index contributed by atoms with van der Waals surface area (Å²) in [6.45, 7) is 3.64. The lowest BCUT2D eigenvalue weighted by molar-refractivity contribution is 0.0697. The van der Waals surface area contributed by atoms with Gasteiger partial charge in [0.1, 0.15) is 11.3 Å². The summed E-state index contributed by atoms with van der Waals surface area (Å²) in [6, 6.07) is 6.45. The average molecular weight is 369 g/mol. The number of fused-ring (bicyclic) bond motifs is 1. The van der Waals surface area contributed by atoms with Gasteiger partial charge in [0.2, 0.25) is 0 Å². The molecule has 0 atom stereocenters. The fraction of sp³-hybridized carbons (Fsp3) is 0.211. The maximum atomic E-state index is 12.9. The van der Waals surface area contributed by atoms with E-state index >= 15 is 0 Å². The van der Waals surface area contributed by atoms with E-state index in [1.54, 1.807) is 17.5 Å². The third-order valence-electron chi connectivity index (χ3n) is 4.16. The lowest BCUT2D eigenvalue weighted by Gasteiger charge is -2.14. The summed E-state index contributed by atoms with van der Waals surface area (Å²) in [4.78, 5) is 28.9. The number of carbonyl (C=O) groups excluding carboxylic acids is 1. The normalized spacial score (nSPS) is 10.7. The molecule has 0 saturated carbocycles. The number of pyridine rings is 1. The van der Waals surface area contributed by atoms with Crippen LogP contribution in [0.1, 0.15) is 32.1 Å². The second-order valence-corrected chi connectivity index (χ2v) is 5.99. The van der Waals surface area contributed by atoms with Crippen LogP contribution in [-0.4, -0.2) is 40.6 Å². The molecular weight excluding hydrogens is 350 g/mol. The van der Waals surface area contributed by atoms with Gasteiger partial charge in [0.15, 0.2) is 11.5 Å². The molecule has 2 N–H and O–H groups in total. The molecular formula is C19H19N3O5. The Bertz CT molecular complexity index is 1060. The second-order valence-electron chi connectivity index (χ2n) is 5.99. The number of carboxylic acids is 1. The van der Waals surface area contributed by atoms with E-state index < -0.39 is 11.9 Å². The molecule has 8 nitrogen and oxygen atoms in total. The first kappa shape index (κ1) is 18.2. The Morgan fingerprint density at radius 3 is 2.41 bits per heavy atom. The third kappa shape index (κ3) is 3.29. The van der Waals surface area contributed by atoms with Gasteiger partial charge in [-0.1, -0.05) is 6.07 Å². The van der Waals surface area contributed by atoms with Crippen LogP contribution in [0.15, 0.2) is 30.5 Å². The average Bonchev–Trinajstić information content (AvgIpc) is 2.95. The van der Waals surface area contributed by atoms with Crippen LogP contribution in [0.3, 0.4) is 0 Å². The lowest BCUT2D eigenvalue weighted by atomic mass is 10.1. The first-order chi connectivity index (χ1) is 12.8. The van der Waals surface area contributed by atoms with E-state index in [1.807, 2.05) is 19.1 Å². The zero-order valence-electron chi connectivity index (χ0n) is 15.4. The molecule has 0 aliphatic carbocycles. The van der Waals surface area contributed by atoms with Gasteiger partial charge >= 0.3 is 5.97 Å². The number of aromatic nitrogens is 2. The van der Waals surface area contributed by atoms with Crippen LogP contribution < -0.4 is 14.8 Å². The number of ether oxygens (including phenoxy) is 2. The van der Waals surface area contributed by atoms with E-state index in [-0.39, 0.29) is 17.0 Å². The van der Waals surface area contributed by atoms with Crippen molar-refractivity contribution >= 4 is 23.2 Å². The molecule has 0 bridgehead atoms. The predicted molar refractivity (Wildman–Crippen MR) is 99.1 cm³/mol. The third-order valence-corrected chi connectivity index (χ3v) is 4.16. The van der Waals surface area contributed by atoms with E-state index in [1.165, 1.54) is 26.4 Å². The Balaban J connectivity index is 2.07. The number of anilines is 1. The molecule has 1 aromatic carbocycles. The largest absolute Gasteiger partial charge is 0.493 e. The molecule has 0 spiro atoms. The number of nitrogens with zero attached hydrogens (tertiary/aromatic N) is 2. The van der Waals surface area contributed by atoms with Crippen LogP contribution in [0, 0.1) is 13.8 Å². The van der Waals surface area contributed by atoms with Crippen LogP contribution >= 0.6 is 0 Å². The van der Waals surface area contributed by atoms with Gasteiger partial charge in [-0.2, -0.15) is 0 Å². The SMILES string of the molecule is COc1cc(NC(=O)c2c(C)nc3ccc(C)cn23)c(C(=O)O)cc1OC. The molecule has 0 aliphatic rings. The van der Waals surface area contributed by atoms with E-state index in [9.17, 15) is 14.7 Å². The van der Waals surface area contributed by atoms with Crippen molar-refractivity contribution in [1.29, 1.82) is 0 Å². The molecule has 140 valence electrons. The number of amides is 1. The minimum absolute atomic E-state index is 0.104. The van der Waals surface area contributed by atoms with E-state index in [0.29, 0.717) is 22.8 Å². The zero-order chi connectivity index (χ0) is 19.7. The number of benzene rings is 1. The molecule has 8 heteroatoms. The molecule has 27 heavy (non-hydrogen) atoms. The van der Waals surface area contributed by atoms with E-state index in [4.69, 9.17) is 9.47 Å². The summed E-state index contributed by atoms with van der Waals surface area (Å²) >= 11 is 0. The monoisotopic (exact) mass is 369 g/mol. The van der Waals surface area contributed by atoms with Gasteiger partial charge in [-0.15, -0.1) is 0 Å². The highest BCUT2D eigenvalue weighted by Crippen LogP contribution is 2.33. The van der Waals surface area contributed by atoms with Crippen molar-refractivity contribution in [3.63, 3.8) is 0 Å². The first-order valence-corrected chi connectivity index (χ1v) is 8.11. The molecule has 0 saturated heterocycles. The summed E-state index contributed by atoms with van der Waals surface area (Å²) in [7, 11) is 2.84. The molecule has 0 radical (unpaired) electrons. The summed E-state index contributed by atoms with van der Waals surface area (Å²) in [6.07, 6.45) is 1.80. The Morgan fingerprint density at radius 1 is 1.11 bits per heavy atom. The maximum Gasteiger partial charge on any atom is 0.337 e. The van der Waals surface area contributed by atoms with Crippen molar-refractivity contribution in [1.82, 2.24) is 9.38 Å². The van der Waals surface area contributed by atoms with Gasteiger partial charge in [-0.3, -0.25) is 9.20 Å². The number of carbonyl (C=O) groups is 2. The number of aromatic carboxylic acids is 1. The van der Waals surface area contributed by atoms with Gasteiger partial charge in [-0.05, 0) is 25.5 Å².